The first kappa shape index (κ1) is 18.4. The number of piperazine rings is 1. The normalized spacial score (nSPS) is 18.7. The predicted molar refractivity (Wildman–Crippen MR) is 98.4 cm³/mol. The molecule has 140 valence electrons. The van der Waals surface area contributed by atoms with Gasteiger partial charge in [-0.05, 0) is 25.3 Å². The summed E-state index contributed by atoms with van der Waals surface area (Å²) in [6.45, 7) is 5.79. The SMILES string of the molecule is Cc1ccc(CC(=O)N2CCC(C(=O)N3CCN(C=O)CC3)CC2)cc1. The van der Waals surface area contributed by atoms with Crippen molar-refractivity contribution < 1.29 is 14.4 Å². The molecule has 0 saturated carbocycles. The van der Waals surface area contributed by atoms with Crippen molar-refractivity contribution in [2.75, 3.05) is 39.3 Å². The van der Waals surface area contributed by atoms with Gasteiger partial charge in [-0.1, -0.05) is 29.8 Å². The van der Waals surface area contributed by atoms with Crippen LogP contribution in [-0.4, -0.2) is 72.2 Å². The summed E-state index contributed by atoms with van der Waals surface area (Å²) in [6.07, 6.45) is 2.73. The van der Waals surface area contributed by atoms with E-state index in [9.17, 15) is 14.4 Å². The van der Waals surface area contributed by atoms with Crippen LogP contribution >= 0.6 is 0 Å². The first-order valence-electron chi connectivity index (χ1n) is 9.38. The fourth-order valence-corrected chi connectivity index (χ4v) is 3.67. The van der Waals surface area contributed by atoms with Crippen LogP contribution in [0.1, 0.15) is 24.0 Å². The minimum atomic E-state index is 0.00112. The highest BCUT2D eigenvalue weighted by molar-refractivity contribution is 5.81. The maximum absolute atomic E-state index is 12.7. The summed E-state index contributed by atoms with van der Waals surface area (Å²) in [5, 5.41) is 0. The zero-order chi connectivity index (χ0) is 18.5. The van der Waals surface area contributed by atoms with Gasteiger partial charge in [0.15, 0.2) is 0 Å². The molecule has 0 radical (unpaired) electrons. The molecule has 26 heavy (non-hydrogen) atoms. The molecule has 1 aromatic rings. The average molecular weight is 357 g/mol. The first-order chi connectivity index (χ1) is 12.6. The van der Waals surface area contributed by atoms with Crippen molar-refractivity contribution in [1.29, 1.82) is 0 Å². The second-order valence-corrected chi connectivity index (χ2v) is 7.28. The number of aryl methyl sites for hydroxylation is 1. The highest BCUT2D eigenvalue weighted by atomic mass is 16.2. The van der Waals surface area contributed by atoms with Crippen molar-refractivity contribution in [1.82, 2.24) is 14.7 Å². The molecule has 2 heterocycles. The zero-order valence-electron chi connectivity index (χ0n) is 15.4. The van der Waals surface area contributed by atoms with Crippen molar-refractivity contribution in [3.05, 3.63) is 35.4 Å². The molecular weight excluding hydrogens is 330 g/mol. The summed E-state index contributed by atoms with van der Waals surface area (Å²) in [4.78, 5) is 41.4. The highest BCUT2D eigenvalue weighted by Gasteiger charge is 2.31. The Labute approximate surface area is 154 Å². The number of hydrogen-bond acceptors (Lipinski definition) is 3. The molecule has 1 aromatic carbocycles. The number of amides is 3. The number of rotatable bonds is 4. The fourth-order valence-electron chi connectivity index (χ4n) is 3.67. The molecule has 0 spiro atoms. The third-order valence-corrected chi connectivity index (χ3v) is 5.45. The Bertz CT molecular complexity index is 643. The molecule has 0 aromatic heterocycles. The predicted octanol–water partition coefficient (Wildman–Crippen LogP) is 1.08. The Kier molecular flexibility index (Phi) is 5.91. The second kappa shape index (κ2) is 8.34. The smallest absolute Gasteiger partial charge is 0.226 e. The van der Waals surface area contributed by atoms with Crippen molar-refractivity contribution >= 4 is 18.2 Å². The lowest BCUT2D eigenvalue weighted by Crippen LogP contribution is -2.51. The number of benzene rings is 1. The lowest BCUT2D eigenvalue weighted by atomic mass is 9.94. The van der Waals surface area contributed by atoms with Crippen LogP contribution in [0.4, 0.5) is 0 Å². The van der Waals surface area contributed by atoms with E-state index < -0.39 is 0 Å². The largest absolute Gasteiger partial charge is 0.342 e. The summed E-state index contributed by atoms with van der Waals surface area (Å²) in [5.41, 5.74) is 2.22. The lowest BCUT2D eigenvalue weighted by Gasteiger charge is -2.37. The molecule has 2 aliphatic rings. The third kappa shape index (κ3) is 4.42. The molecule has 2 aliphatic heterocycles. The topological polar surface area (TPSA) is 60.9 Å². The zero-order valence-corrected chi connectivity index (χ0v) is 15.4. The quantitative estimate of drug-likeness (QED) is 0.758. The van der Waals surface area contributed by atoms with Gasteiger partial charge >= 0.3 is 0 Å². The maximum Gasteiger partial charge on any atom is 0.226 e. The highest BCUT2D eigenvalue weighted by Crippen LogP contribution is 2.21. The molecule has 0 N–H and O–H groups in total. The van der Waals surface area contributed by atoms with Crippen LogP contribution in [0, 0.1) is 12.8 Å². The summed E-state index contributed by atoms with van der Waals surface area (Å²) in [7, 11) is 0. The van der Waals surface area contributed by atoms with E-state index in [2.05, 4.69) is 0 Å². The summed E-state index contributed by atoms with van der Waals surface area (Å²) in [6, 6.07) is 8.06. The van der Waals surface area contributed by atoms with Crippen LogP contribution in [0.3, 0.4) is 0 Å². The fraction of sp³-hybridized carbons (Fsp3) is 0.550. The van der Waals surface area contributed by atoms with E-state index in [4.69, 9.17) is 0 Å². The van der Waals surface area contributed by atoms with Gasteiger partial charge in [0.2, 0.25) is 18.2 Å². The van der Waals surface area contributed by atoms with E-state index in [-0.39, 0.29) is 17.7 Å². The molecule has 0 bridgehead atoms. The van der Waals surface area contributed by atoms with Gasteiger partial charge in [-0.3, -0.25) is 14.4 Å². The Hall–Kier alpha value is -2.37. The Morgan fingerprint density at radius 3 is 2.15 bits per heavy atom. The van der Waals surface area contributed by atoms with Gasteiger partial charge in [-0.25, -0.2) is 0 Å². The minimum absolute atomic E-state index is 0.00112. The number of piperidine rings is 1. The van der Waals surface area contributed by atoms with Gasteiger partial charge in [0.1, 0.15) is 0 Å². The van der Waals surface area contributed by atoms with Crippen molar-refractivity contribution in [2.24, 2.45) is 5.92 Å². The molecule has 0 atom stereocenters. The van der Waals surface area contributed by atoms with Crippen LogP contribution in [0.2, 0.25) is 0 Å². The second-order valence-electron chi connectivity index (χ2n) is 7.28. The monoisotopic (exact) mass is 357 g/mol. The summed E-state index contributed by atoms with van der Waals surface area (Å²) in [5.74, 6) is 0.321. The molecule has 3 rings (SSSR count). The molecule has 2 saturated heterocycles. The molecular formula is C20H27N3O3. The number of hydrogen-bond donors (Lipinski definition) is 0. The van der Waals surface area contributed by atoms with Crippen LogP contribution in [0.5, 0.6) is 0 Å². The standard InChI is InChI=1S/C20H27N3O3/c1-16-2-4-17(5-3-16)14-19(25)22-8-6-18(7-9-22)20(26)23-12-10-21(15-24)11-13-23/h2-5,15,18H,6-14H2,1H3. The van der Waals surface area contributed by atoms with E-state index in [1.54, 1.807) is 4.90 Å². The van der Waals surface area contributed by atoms with E-state index in [0.29, 0.717) is 45.7 Å². The number of nitrogens with zero attached hydrogens (tertiary/aromatic N) is 3. The van der Waals surface area contributed by atoms with Crippen LogP contribution in [0.25, 0.3) is 0 Å². The van der Waals surface area contributed by atoms with Crippen molar-refractivity contribution in [3.63, 3.8) is 0 Å². The molecule has 0 aliphatic carbocycles. The van der Waals surface area contributed by atoms with Crippen LogP contribution < -0.4 is 0 Å². The van der Waals surface area contributed by atoms with Gasteiger partial charge in [0.25, 0.3) is 0 Å². The van der Waals surface area contributed by atoms with Gasteiger partial charge in [0.05, 0.1) is 6.42 Å². The van der Waals surface area contributed by atoms with E-state index in [1.807, 2.05) is 41.0 Å². The van der Waals surface area contributed by atoms with Crippen molar-refractivity contribution in [3.8, 4) is 0 Å². The Balaban J connectivity index is 1.46. The molecule has 2 fully saturated rings. The van der Waals surface area contributed by atoms with E-state index in [1.165, 1.54) is 5.56 Å². The van der Waals surface area contributed by atoms with Gasteiger partial charge in [-0.2, -0.15) is 0 Å². The van der Waals surface area contributed by atoms with Gasteiger partial charge in [0, 0.05) is 45.2 Å². The average Bonchev–Trinajstić information content (AvgIpc) is 2.69. The Morgan fingerprint density at radius 2 is 1.58 bits per heavy atom. The van der Waals surface area contributed by atoms with Gasteiger partial charge < -0.3 is 14.7 Å². The molecule has 6 heteroatoms. The maximum atomic E-state index is 12.7. The number of carbonyl (C=O) groups excluding carboxylic acids is 3. The Morgan fingerprint density at radius 1 is 0.962 bits per heavy atom. The molecule has 6 nitrogen and oxygen atoms in total. The number of carbonyl (C=O) groups is 3. The minimum Gasteiger partial charge on any atom is -0.342 e. The van der Waals surface area contributed by atoms with Gasteiger partial charge in [-0.15, -0.1) is 0 Å². The van der Waals surface area contributed by atoms with Crippen molar-refractivity contribution in [2.45, 2.75) is 26.2 Å². The number of likely N-dealkylation sites (tertiary alicyclic amines) is 1. The summed E-state index contributed by atoms with van der Waals surface area (Å²) >= 11 is 0. The third-order valence-electron chi connectivity index (χ3n) is 5.45. The van der Waals surface area contributed by atoms with E-state index in [0.717, 1.165) is 24.8 Å². The molecule has 3 amide bonds. The van der Waals surface area contributed by atoms with Crippen LogP contribution in [0.15, 0.2) is 24.3 Å². The molecule has 0 unspecified atom stereocenters. The summed E-state index contributed by atoms with van der Waals surface area (Å²) < 4.78 is 0. The lowest BCUT2D eigenvalue weighted by molar-refractivity contribution is -0.142. The van der Waals surface area contributed by atoms with E-state index >= 15 is 0 Å². The first-order valence-corrected chi connectivity index (χ1v) is 9.38. The van der Waals surface area contributed by atoms with Crippen LogP contribution in [-0.2, 0) is 20.8 Å².